The third-order valence-corrected chi connectivity index (χ3v) is 6.32. The van der Waals surface area contributed by atoms with Gasteiger partial charge in [-0.3, -0.25) is 9.13 Å². The van der Waals surface area contributed by atoms with Gasteiger partial charge in [-0.1, -0.05) is 30.3 Å². The molecule has 14 nitrogen and oxygen atoms in total. The molecule has 0 amide bonds. The van der Waals surface area contributed by atoms with Gasteiger partial charge in [0.25, 0.3) is 5.85 Å². The van der Waals surface area contributed by atoms with E-state index in [0.717, 1.165) is 0 Å². The number of carbonyl (C=O) groups excluding carboxylic acids is 1. The lowest BCUT2D eigenvalue weighted by atomic mass is 10.1. The molecule has 0 unspecified atom stereocenters. The summed E-state index contributed by atoms with van der Waals surface area (Å²) in [5, 5.41) is 20.8. The molecule has 1 aromatic carbocycles. The Kier molecular flexibility index (Phi) is 7.35. The molecule has 2 aromatic heterocycles. The van der Waals surface area contributed by atoms with Gasteiger partial charge in [0.05, 0.1) is 12.9 Å². The van der Waals surface area contributed by atoms with Crippen molar-refractivity contribution in [3.63, 3.8) is 0 Å². The third kappa shape index (κ3) is 5.44. The zero-order chi connectivity index (χ0) is 25.3. The summed E-state index contributed by atoms with van der Waals surface area (Å²) in [6.07, 6.45) is -4.33. The minimum absolute atomic E-state index is 0.00910. The fourth-order valence-electron chi connectivity index (χ4n) is 3.48. The summed E-state index contributed by atoms with van der Waals surface area (Å²) >= 11 is 5.84. The molecule has 0 aliphatic carbocycles. The van der Waals surface area contributed by atoms with Crippen LogP contribution in [-0.4, -0.2) is 76.3 Å². The Morgan fingerprint density at radius 3 is 2.63 bits per heavy atom. The Bertz CT molecular complexity index is 1260. The zero-order valence-electron chi connectivity index (χ0n) is 17.8. The number of nitrogens with two attached hydrogens (primary N) is 1. The third-order valence-electron chi connectivity index (χ3n) is 5.18. The maximum atomic E-state index is 12.3. The maximum absolute atomic E-state index is 12.3. The molecule has 0 spiro atoms. The number of anilines is 1. The molecular weight excluding hydrogens is 509 g/mol. The summed E-state index contributed by atoms with van der Waals surface area (Å²) in [7, 11) is -5.11. The largest absolute Gasteiger partial charge is 0.458 e. The van der Waals surface area contributed by atoms with E-state index < -0.39 is 50.6 Å². The number of aliphatic hydroxyl groups excluding tert-OH is 2. The van der Waals surface area contributed by atoms with Crippen LogP contribution in [0, 0.1) is 0 Å². The Labute approximate surface area is 202 Å². The number of imidazole rings is 1. The van der Waals surface area contributed by atoms with E-state index in [1.165, 1.54) is 10.9 Å². The number of hydrogen-bond acceptors (Lipinski definition) is 11. The minimum Gasteiger partial charge on any atom is -0.458 e. The fraction of sp³-hybridized carbons (Fsp3) is 0.368. The number of ether oxygens (including phenoxy) is 3. The summed E-state index contributed by atoms with van der Waals surface area (Å²) in [6.45, 7) is -0.889. The van der Waals surface area contributed by atoms with Crippen molar-refractivity contribution in [2.45, 2.75) is 37.0 Å². The van der Waals surface area contributed by atoms with Gasteiger partial charge in [-0.25, -0.2) is 9.78 Å². The van der Waals surface area contributed by atoms with Crippen molar-refractivity contribution >= 4 is 42.1 Å². The summed E-state index contributed by atoms with van der Waals surface area (Å²) < 4.78 is 28.9. The highest BCUT2D eigenvalue weighted by atomic mass is 35.5. The van der Waals surface area contributed by atoms with Gasteiger partial charge in [-0.2, -0.15) is 9.97 Å². The first-order valence-corrected chi connectivity index (χ1v) is 12.2. The first-order chi connectivity index (χ1) is 16.6. The zero-order valence-corrected chi connectivity index (χ0v) is 19.4. The molecule has 16 heteroatoms. The van der Waals surface area contributed by atoms with Crippen LogP contribution in [0.3, 0.4) is 0 Å². The van der Waals surface area contributed by atoms with Crippen molar-refractivity contribution in [3.05, 3.63) is 47.5 Å². The molecule has 1 aliphatic rings. The average Bonchev–Trinajstić information content (AvgIpc) is 3.34. The molecule has 0 saturated carbocycles. The molecule has 3 aromatic rings. The number of nitrogen functional groups attached to an aromatic ring is 1. The highest BCUT2D eigenvalue weighted by Gasteiger charge is 2.46. The molecule has 1 fully saturated rings. The first-order valence-electron chi connectivity index (χ1n) is 10.1. The predicted molar refractivity (Wildman–Crippen MR) is 119 cm³/mol. The molecule has 35 heavy (non-hydrogen) atoms. The Morgan fingerprint density at radius 2 is 1.94 bits per heavy atom. The van der Waals surface area contributed by atoms with E-state index in [1.807, 2.05) is 0 Å². The van der Waals surface area contributed by atoms with Crippen LogP contribution in [0.4, 0.5) is 5.82 Å². The maximum Gasteiger partial charge on any atom is 0.365 e. The number of hydrogen-bond donors (Lipinski definition) is 5. The number of fused-ring (bicyclic) bond motifs is 1. The fourth-order valence-corrected chi connectivity index (χ4v) is 4.28. The monoisotopic (exact) mass is 529 g/mol. The number of aromatic nitrogens is 4. The highest BCUT2D eigenvalue weighted by Crippen LogP contribution is 2.43. The van der Waals surface area contributed by atoms with Crippen molar-refractivity contribution in [1.29, 1.82) is 0 Å². The second kappa shape index (κ2) is 10.1. The molecule has 1 saturated heterocycles. The lowest BCUT2D eigenvalue weighted by Gasteiger charge is -2.21. The second-order valence-corrected chi connectivity index (χ2v) is 9.60. The number of carbonyl (C=O) groups is 1. The molecule has 1 aliphatic heterocycles. The van der Waals surface area contributed by atoms with E-state index in [2.05, 4.69) is 15.0 Å². The van der Waals surface area contributed by atoms with E-state index in [0.29, 0.717) is 5.56 Å². The van der Waals surface area contributed by atoms with Gasteiger partial charge in [-0.15, -0.1) is 0 Å². The van der Waals surface area contributed by atoms with Crippen molar-refractivity contribution in [3.8, 4) is 0 Å². The van der Waals surface area contributed by atoms with Gasteiger partial charge in [0.2, 0.25) is 5.28 Å². The summed E-state index contributed by atoms with van der Waals surface area (Å²) in [6, 6.07) is 8.49. The van der Waals surface area contributed by atoms with Crippen molar-refractivity contribution in [2.75, 3.05) is 12.3 Å². The smallest absolute Gasteiger partial charge is 0.365 e. The number of halogens is 1. The van der Waals surface area contributed by atoms with Crippen LogP contribution in [0.1, 0.15) is 11.8 Å². The van der Waals surface area contributed by atoms with Crippen molar-refractivity contribution in [1.82, 2.24) is 19.5 Å². The van der Waals surface area contributed by atoms with Crippen LogP contribution in [0.15, 0.2) is 36.7 Å². The van der Waals surface area contributed by atoms with E-state index in [-0.39, 0.29) is 28.9 Å². The summed E-state index contributed by atoms with van der Waals surface area (Å²) in [5.41, 5.74) is 6.67. The lowest BCUT2D eigenvalue weighted by molar-refractivity contribution is -0.157. The van der Waals surface area contributed by atoms with Gasteiger partial charge in [-0.05, 0) is 17.2 Å². The standard InChI is InChI=1S/C19H21ClN5O9P/c20-19-23-14(21)11-15(24-19)25(8-22-11)16-13(27)12(26)10(34-16)7-33-18(35(29,30)31)17(28)32-6-9-4-2-1-3-5-9/h1-5,8,10,12-13,16,18,26-27H,6-7H2,(H2,21,23,24)(H2,29,30,31)/t10-,12+,13-,16-,18-/m1/s1. The van der Waals surface area contributed by atoms with Gasteiger partial charge >= 0.3 is 13.6 Å². The van der Waals surface area contributed by atoms with Crippen LogP contribution in [0.2, 0.25) is 5.28 Å². The van der Waals surface area contributed by atoms with Crippen LogP contribution < -0.4 is 5.73 Å². The molecule has 0 bridgehead atoms. The van der Waals surface area contributed by atoms with Crippen molar-refractivity contribution in [2.24, 2.45) is 0 Å². The van der Waals surface area contributed by atoms with Crippen LogP contribution in [0.25, 0.3) is 11.2 Å². The average molecular weight is 530 g/mol. The summed E-state index contributed by atoms with van der Waals surface area (Å²) in [5.74, 6) is -3.57. The Hall–Kier alpha value is -2.68. The van der Waals surface area contributed by atoms with Gasteiger partial charge in [0.1, 0.15) is 30.4 Å². The Morgan fingerprint density at radius 1 is 1.23 bits per heavy atom. The molecule has 4 rings (SSSR count). The number of nitrogens with zero attached hydrogens (tertiary/aromatic N) is 4. The number of aliphatic hydroxyl groups is 2. The van der Waals surface area contributed by atoms with E-state index in [9.17, 15) is 29.4 Å². The molecule has 3 heterocycles. The SMILES string of the molecule is Nc1nc(Cl)nc2c1ncn2[C@@H]1O[C@H](CO[C@@H](C(=O)OCc2ccccc2)P(=O)(O)O)[C@H](O)[C@H]1O. The normalized spacial score (nSPS) is 23.5. The Balaban J connectivity index is 1.45. The van der Waals surface area contributed by atoms with E-state index in [4.69, 9.17) is 31.5 Å². The molecule has 6 N–H and O–H groups in total. The van der Waals surface area contributed by atoms with E-state index in [1.54, 1.807) is 30.3 Å². The van der Waals surface area contributed by atoms with Gasteiger partial charge in [0, 0.05) is 0 Å². The molecule has 188 valence electrons. The van der Waals surface area contributed by atoms with Gasteiger partial charge < -0.3 is 39.9 Å². The lowest BCUT2D eigenvalue weighted by Crippen LogP contribution is -2.36. The van der Waals surface area contributed by atoms with E-state index >= 15 is 0 Å². The number of esters is 1. The topological polar surface area (TPSA) is 212 Å². The van der Waals surface area contributed by atoms with Crippen LogP contribution in [-0.2, 0) is 30.2 Å². The first kappa shape index (κ1) is 25.4. The highest BCUT2D eigenvalue weighted by molar-refractivity contribution is 7.53. The second-order valence-electron chi connectivity index (χ2n) is 7.62. The molecule has 5 atom stereocenters. The quantitative estimate of drug-likeness (QED) is 0.147. The predicted octanol–water partition coefficient (Wildman–Crippen LogP) is -0.0551. The minimum atomic E-state index is -5.11. The molecular formula is C19H21ClN5O9P. The number of benzene rings is 1. The van der Waals surface area contributed by atoms with Crippen LogP contribution in [0.5, 0.6) is 0 Å². The van der Waals surface area contributed by atoms with Gasteiger partial charge in [0.15, 0.2) is 17.7 Å². The molecule has 0 radical (unpaired) electrons. The summed E-state index contributed by atoms with van der Waals surface area (Å²) in [4.78, 5) is 43.4. The van der Waals surface area contributed by atoms with Crippen LogP contribution >= 0.6 is 19.2 Å². The van der Waals surface area contributed by atoms with Crippen molar-refractivity contribution < 1.29 is 43.6 Å². The number of rotatable bonds is 8.